The van der Waals surface area contributed by atoms with Crippen LogP contribution in [-0.4, -0.2) is 16.8 Å². The van der Waals surface area contributed by atoms with Gasteiger partial charge in [0.15, 0.2) is 0 Å². The first-order chi connectivity index (χ1) is 15.1. The van der Waals surface area contributed by atoms with Crippen molar-refractivity contribution < 1.29 is 16.8 Å². The van der Waals surface area contributed by atoms with Crippen molar-refractivity contribution in [1.29, 1.82) is 0 Å². The minimum Gasteiger partial charge on any atom is -0.277 e. The van der Waals surface area contributed by atoms with E-state index in [0.717, 1.165) is 11.3 Å². The molecule has 166 valence electrons. The standard InChI is InChI=1S/C20H13Cl3N2O4S3/c21-15-4-1-3-12-9-13(6-7-14(12)15)31(26,27)24-18-10-16(22)17(23)11-19(18)25-32(28,29)20-5-2-8-30-20/h1-11,24-25H. The number of rotatable bonds is 6. The number of halogens is 3. The summed E-state index contributed by atoms with van der Waals surface area (Å²) in [6, 6.07) is 15.1. The molecule has 4 rings (SSSR count). The summed E-state index contributed by atoms with van der Waals surface area (Å²) in [5.74, 6) is 0. The second kappa shape index (κ2) is 8.74. The van der Waals surface area contributed by atoms with Crippen LogP contribution in [0.5, 0.6) is 0 Å². The fraction of sp³-hybridized carbons (Fsp3) is 0. The largest absolute Gasteiger partial charge is 0.277 e. The molecule has 0 aliphatic rings. The summed E-state index contributed by atoms with van der Waals surface area (Å²) in [5.41, 5.74) is -0.147. The molecular weight excluding hydrogens is 535 g/mol. The van der Waals surface area contributed by atoms with Crippen LogP contribution >= 0.6 is 46.1 Å². The zero-order chi connectivity index (χ0) is 23.1. The van der Waals surface area contributed by atoms with Gasteiger partial charge >= 0.3 is 0 Å². The summed E-state index contributed by atoms with van der Waals surface area (Å²) in [7, 11) is -8.06. The van der Waals surface area contributed by atoms with Crippen molar-refractivity contribution in [2.75, 3.05) is 9.44 Å². The number of sulfonamides is 2. The van der Waals surface area contributed by atoms with Gasteiger partial charge in [-0.2, -0.15) is 0 Å². The summed E-state index contributed by atoms with van der Waals surface area (Å²) < 4.78 is 56.3. The van der Waals surface area contributed by atoms with Gasteiger partial charge in [-0.1, -0.05) is 59.1 Å². The molecule has 0 bridgehead atoms. The Balaban J connectivity index is 1.74. The van der Waals surface area contributed by atoms with E-state index in [9.17, 15) is 16.8 Å². The van der Waals surface area contributed by atoms with Crippen LogP contribution in [0.3, 0.4) is 0 Å². The molecule has 0 fully saturated rings. The average molecular weight is 548 g/mol. The highest BCUT2D eigenvalue weighted by Crippen LogP contribution is 2.36. The maximum Gasteiger partial charge on any atom is 0.271 e. The minimum atomic E-state index is -4.11. The summed E-state index contributed by atoms with van der Waals surface area (Å²) in [6.07, 6.45) is 0. The van der Waals surface area contributed by atoms with Crippen LogP contribution in [0.4, 0.5) is 11.4 Å². The van der Waals surface area contributed by atoms with E-state index in [0.29, 0.717) is 15.8 Å². The van der Waals surface area contributed by atoms with E-state index < -0.39 is 20.0 Å². The fourth-order valence-corrected chi connectivity index (χ4v) is 6.66. The van der Waals surface area contributed by atoms with Crippen LogP contribution in [0.15, 0.2) is 75.1 Å². The zero-order valence-corrected chi connectivity index (χ0v) is 20.6. The monoisotopic (exact) mass is 546 g/mol. The van der Waals surface area contributed by atoms with Gasteiger partial charge in [0.05, 0.1) is 26.3 Å². The van der Waals surface area contributed by atoms with E-state index in [1.165, 1.54) is 30.3 Å². The van der Waals surface area contributed by atoms with Crippen LogP contribution in [0.1, 0.15) is 0 Å². The van der Waals surface area contributed by atoms with Crippen molar-refractivity contribution in [2.45, 2.75) is 9.10 Å². The Morgan fingerprint density at radius 1 is 0.688 bits per heavy atom. The summed E-state index contributed by atoms with van der Waals surface area (Å²) in [5, 5.41) is 3.54. The maximum atomic E-state index is 13.1. The predicted octanol–water partition coefficient (Wildman–Crippen LogP) is 6.46. The van der Waals surface area contributed by atoms with E-state index in [4.69, 9.17) is 34.8 Å². The molecule has 0 amide bonds. The van der Waals surface area contributed by atoms with Crippen molar-refractivity contribution in [1.82, 2.24) is 0 Å². The van der Waals surface area contributed by atoms with Crippen LogP contribution in [0.2, 0.25) is 15.1 Å². The number of nitrogens with one attached hydrogen (secondary N) is 2. The molecule has 2 N–H and O–H groups in total. The minimum absolute atomic E-state index is 0.0367. The van der Waals surface area contributed by atoms with E-state index in [1.54, 1.807) is 35.7 Å². The third-order valence-corrected chi connectivity index (χ3v) is 9.60. The molecule has 3 aromatic carbocycles. The van der Waals surface area contributed by atoms with Crippen LogP contribution < -0.4 is 9.44 Å². The number of hydrogen-bond acceptors (Lipinski definition) is 5. The maximum absolute atomic E-state index is 13.1. The Labute approximate surface area is 203 Å². The Hall–Kier alpha value is -2.01. The summed E-state index contributed by atoms with van der Waals surface area (Å²) >= 11 is 19.3. The van der Waals surface area contributed by atoms with Gasteiger partial charge in [-0.15, -0.1) is 11.3 Å². The lowest BCUT2D eigenvalue weighted by Gasteiger charge is -2.16. The van der Waals surface area contributed by atoms with Gasteiger partial charge in [0.2, 0.25) is 0 Å². The second-order valence-electron chi connectivity index (χ2n) is 6.58. The van der Waals surface area contributed by atoms with Crippen LogP contribution in [-0.2, 0) is 20.0 Å². The summed E-state index contributed by atoms with van der Waals surface area (Å²) in [4.78, 5) is -0.0367. The quantitative estimate of drug-likeness (QED) is 0.290. The lowest BCUT2D eigenvalue weighted by molar-refractivity contribution is 0.599. The van der Waals surface area contributed by atoms with E-state index in [1.807, 2.05) is 0 Å². The highest BCUT2D eigenvalue weighted by molar-refractivity contribution is 7.94. The Morgan fingerprint density at radius 3 is 1.97 bits per heavy atom. The number of hydrogen-bond donors (Lipinski definition) is 2. The molecular formula is C20H13Cl3N2O4S3. The third-order valence-electron chi connectivity index (χ3n) is 4.42. The fourth-order valence-electron chi connectivity index (χ4n) is 2.92. The molecule has 1 heterocycles. The molecule has 32 heavy (non-hydrogen) atoms. The molecule has 1 aromatic heterocycles. The van der Waals surface area contributed by atoms with Gasteiger partial charge in [0.1, 0.15) is 4.21 Å². The number of anilines is 2. The Morgan fingerprint density at radius 2 is 1.34 bits per heavy atom. The molecule has 0 radical (unpaired) electrons. The van der Waals surface area contributed by atoms with Gasteiger partial charge in [-0.3, -0.25) is 9.44 Å². The molecule has 0 unspecified atom stereocenters. The molecule has 0 aliphatic heterocycles. The molecule has 0 aliphatic carbocycles. The SMILES string of the molecule is O=S(=O)(Nc1cc(Cl)c(Cl)cc1NS(=O)(=O)c1cccs1)c1ccc2c(Cl)cccc2c1. The van der Waals surface area contributed by atoms with Crippen LogP contribution in [0, 0.1) is 0 Å². The van der Waals surface area contributed by atoms with Crippen molar-refractivity contribution in [3.8, 4) is 0 Å². The molecule has 0 saturated carbocycles. The number of thiophene rings is 1. The first kappa shape index (κ1) is 23.2. The molecule has 0 atom stereocenters. The van der Waals surface area contributed by atoms with Gasteiger partial charge in [-0.05, 0) is 47.2 Å². The highest BCUT2D eigenvalue weighted by atomic mass is 35.5. The molecule has 12 heteroatoms. The van der Waals surface area contributed by atoms with E-state index in [2.05, 4.69) is 9.44 Å². The zero-order valence-electron chi connectivity index (χ0n) is 15.8. The molecule has 0 spiro atoms. The van der Waals surface area contributed by atoms with Crippen molar-refractivity contribution in [3.05, 3.63) is 81.1 Å². The normalized spacial score (nSPS) is 12.1. The predicted molar refractivity (Wildman–Crippen MR) is 131 cm³/mol. The second-order valence-corrected chi connectivity index (χ2v) is 12.3. The first-order valence-corrected chi connectivity index (χ1v) is 13.8. The summed E-state index contributed by atoms with van der Waals surface area (Å²) in [6.45, 7) is 0. The van der Waals surface area contributed by atoms with Gasteiger partial charge in [0.25, 0.3) is 20.0 Å². The number of fused-ring (bicyclic) bond motifs is 1. The third kappa shape index (κ3) is 4.68. The van der Waals surface area contributed by atoms with E-state index >= 15 is 0 Å². The van der Waals surface area contributed by atoms with Crippen molar-refractivity contribution in [3.63, 3.8) is 0 Å². The van der Waals surface area contributed by atoms with Gasteiger partial charge < -0.3 is 0 Å². The average Bonchev–Trinajstić information content (AvgIpc) is 3.27. The topological polar surface area (TPSA) is 92.3 Å². The van der Waals surface area contributed by atoms with Gasteiger partial charge in [-0.25, -0.2) is 16.8 Å². The van der Waals surface area contributed by atoms with Crippen molar-refractivity contribution in [2.24, 2.45) is 0 Å². The van der Waals surface area contributed by atoms with Crippen molar-refractivity contribution >= 4 is 88.3 Å². The highest BCUT2D eigenvalue weighted by Gasteiger charge is 2.22. The Bertz CT molecular complexity index is 1540. The van der Waals surface area contributed by atoms with Crippen LogP contribution in [0.25, 0.3) is 10.8 Å². The number of benzene rings is 3. The lowest BCUT2D eigenvalue weighted by Crippen LogP contribution is -2.17. The Kier molecular flexibility index (Phi) is 6.32. The molecule has 6 nitrogen and oxygen atoms in total. The van der Waals surface area contributed by atoms with E-state index in [-0.39, 0.29) is 30.5 Å². The smallest absolute Gasteiger partial charge is 0.271 e. The molecule has 4 aromatic rings. The first-order valence-electron chi connectivity index (χ1n) is 8.83. The molecule has 0 saturated heterocycles. The lowest BCUT2D eigenvalue weighted by atomic mass is 10.1. The van der Waals surface area contributed by atoms with Gasteiger partial charge in [0, 0.05) is 10.4 Å².